The summed E-state index contributed by atoms with van der Waals surface area (Å²) in [5.74, 6) is -0.976. The zero-order valence-electron chi connectivity index (χ0n) is 14.4. The monoisotopic (exact) mass is 331 g/mol. The molecule has 2 rings (SSSR count). The highest BCUT2D eigenvalue weighted by molar-refractivity contribution is 5.88. The molecule has 0 atom stereocenters. The van der Waals surface area contributed by atoms with E-state index in [0.29, 0.717) is 11.4 Å². The van der Waals surface area contributed by atoms with Gasteiger partial charge in [-0.25, -0.2) is 4.79 Å². The van der Waals surface area contributed by atoms with Crippen LogP contribution >= 0.6 is 0 Å². The number of aromatic nitrogens is 4. The number of hydrogen-bond acceptors (Lipinski definition) is 5. The van der Waals surface area contributed by atoms with Crippen molar-refractivity contribution < 1.29 is 9.90 Å². The molecule has 2 aromatic heterocycles. The molecule has 0 aliphatic heterocycles. The van der Waals surface area contributed by atoms with Gasteiger partial charge in [0.2, 0.25) is 0 Å². The van der Waals surface area contributed by atoms with Crippen LogP contribution in [0.2, 0.25) is 0 Å². The lowest BCUT2D eigenvalue weighted by Crippen LogP contribution is -2.24. The van der Waals surface area contributed by atoms with E-state index in [-0.39, 0.29) is 5.56 Å². The van der Waals surface area contributed by atoms with Gasteiger partial charge < -0.3 is 10.0 Å². The Kier molecular flexibility index (Phi) is 6.87. The van der Waals surface area contributed by atoms with Crippen molar-refractivity contribution in [2.24, 2.45) is 0 Å². The van der Waals surface area contributed by atoms with Gasteiger partial charge in [-0.15, -0.1) is 5.10 Å². The number of pyridine rings is 1. The number of carboxylic acids is 1. The molecule has 0 radical (unpaired) electrons. The van der Waals surface area contributed by atoms with Gasteiger partial charge in [0.1, 0.15) is 5.69 Å². The van der Waals surface area contributed by atoms with Gasteiger partial charge in [0.25, 0.3) is 0 Å². The fourth-order valence-electron chi connectivity index (χ4n) is 2.42. The number of likely N-dealkylation sites (N-methyl/N-ethyl adjacent to an activating group) is 1. The van der Waals surface area contributed by atoms with Crippen molar-refractivity contribution in [2.75, 3.05) is 20.1 Å². The highest BCUT2D eigenvalue weighted by Gasteiger charge is 2.09. The summed E-state index contributed by atoms with van der Waals surface area (Å²) in [5.41, 5.74) is 1.30. The van der Waals surface area contributed by atoms with E-state index in [1.54, 1.807) is 10.9 Å². The summed E-state index contributed by atoms with van der Waals surface area (Å²) in [4.78, 5) is 17.5. The normalized spacial score (nSPS) is 11.1. The SMILES string of the molecule is CCCCCCN(C)CCn1cc(-c2cc(C(=O)O)ccn2)nn1. The maximum absolute atomic E-state index is 11.0. The Morgan fingerprint density at radius 2 is 2.08 bits per heavy atom. The van der Waals surface area contributed by atoms with Crippen molar-refractivity contribution in [3.05, 3.63) is 30.1 Å². The van der Waals surface area contributed by atoms with E-state index in [1.165, 1.54) is 44.0 Å². The lowest BCUT2D eigenvalue weighted by atomic mass is 10.2. The molecule has 0 bridgehead atoms. The zero-order valence-corrected chi connectivity index (χ0v) is 14.4. The van der Waals surface area contributed by atoms with Crippen LogP contribution in [0.15, 0.2) is 24.5 Å². The number of aromatic carboxylic acids is 1. The Hall–Kier alpha value is -2.28. The van der Waals surface area contributed by atoms with Gasteiger partial charge in [-0.2, -0.15) is 0 Å². The van der Waals surface area contributed by atoms with Crippen LogP contribution in [0.25, 0.3) is 11.4 Å². The van der Waals surface area contributed by atoms with Crippen LogP contribution in [0.5, 0.6) is 0 Å². The third-order valence-electron chi connectivity index (χ3n) is 3.91. The van der Waals surface area contributed by atoms with Crippen LogP contribution in [-0.2, 0) is 6.54 Å². The maximum atomic E-state index is 11.0. The second kappa shape index (κ2) is 9.12. The van der Waals surface area contributed by atoms with E-state index in [9.17, 15) is 4.79 Å². The molecule has 0 saturated heterocycles. The number of carboxylic acid groups (broad SMARTS) is 1. The molecule has 0 unspecified atom stereocenters. The van der Waals surface area contributed by atoms with E-state index in [4.69, 9.17) is 5.11 Å². The van der Waals surface area contributed by atoms with Crippen LogP contribution in [0.1, 0.15) is 43.0 Å². The predicted octanol–water partition coefficient (Wildman–Crippen LogP) is 2.55. The van der Waals surface area contributed by atoms with Crippen LogP contribution < -0.4 is 0 Å². The van der Waals surface area contributed by atoms with E-state index < -0.39 is 5.97 Å². The summed E-state index contributed by atoms with van der Waals surface area (Å²) in [5, 5.41) is 17.2. The van der Waals surface area contributed by atoms with Crippen LogP contribution in [0.3, 0.4) is 0 Å². The first-order chi connectivity index (χ1) is 11.6. The molecular weight excluding hydrogens is 306 g/mol. The lowest BCUT2D eigenvalue weighted by molar-refractivity contribution is 0.0697. The van der Waals surface area contributed by atoms with E-state index in [1.807, 2.05) is 0 Å². The third kappa shape index (κ3) is 5.42. The molecule has 0 saturated carbocycles. The minimum Gasteiger partial charge on any atom is -0.478 e. The number of nitrogens with zero attached hydrogens (tertiary/aromatic N) is 5. The Morgan fingerprint density at radius 1 is 1.25 bits per heavy atom. The molecule has 130 valence electrons. The number of unbranched alkanes of at least 4 members (excludes halogenated alkanes) is 3. The molecule has 2 heterocycles. The average molecular weight is 331 g/mol. The fraction of sp³-hybridized carbons (Fsp3) is 0.529. The zero-order chi connectivity index (χ0) is 17.4. The molecule has 7 nitrogen and oxygen atoms in total. The van der Waals surface area contributed by atoms with Crippen molar-refractivity contribution in [3.63, 3.8) is 0 Å². The van der Waals surface area contributed by atoms with Crippen LogP contribution in [0, 0.1) is 0 Å². The van der Waals surface area contributed by atoms with E-state index in [2.05, 4.69) is 34.2 Å². The number of carbonyl (C=O) groups is 1. The van der Waals surface area contributed by atoms with Crippen LogP contribution in [0.4, 0.5) is 0 Å². The van der Waals surface area contributed by atoms with Crippen molar-refractivity contribution >= 4 is 5.97 Å². The topological polar surface area (TPSA) is 84.1 Å². The average Bonchev–Trinajstić information content (AvgIpc) is 3.06. The highest BCUT2D eigenvalue weighted by Crippen LogP contribution is 2.14. The van der Waals surface area contributed by atoms with Gasteiger partial charge in [0.15, 0.2) is 0 Å². The molecule has 7 heteroatoms. The van der Waals surface area contributed by atoms with Crippen molar-refractivity contribution in [3.8, 4) is 11.4 Å². The molecule has 0 aliphatic rings. The first-order valence-electron chi connectivity index (χ1n) is 8.38. The van der Waals surface area contributed by atoms with E-state index in [0.717, 1.165) is 19.6 Å². The molecule has 24 heavy (non-hydrogen) atoms. The van der Waals surface area contributed by atoms with Crippen molar-refractivity contribution in [1.82, 2.24) is 24.9 Å². The summed E-state index contributed by atoms with van der Waals surface area (Å²) in [6.45, 7) is 4.95. The smallest absolute Gasteiger partial charge is 0.335 e. The second-order valence-electron chi connectivity index (χ2n) is 5.97. The molecule has 0 fully saturated rings. The summed E-state index contributed by atoms with van der Waals surface area (Å²) in [7, 11) is 2.11. The van der Waals surface area contributed by atoms with E-state index >= 15 is 0 Å². The van der Waals surface area contributed by atoms with Gasteiger partial charge in [-0.05, 0) is 32.1 Å². The number of hydrogen-bond donors (Lipinski definition) is 1. The van der Waals surface area contributed by atoms with Gasteiger partial charge in [-0.3, -0.25) is 9.67 Å². The highest BCUT2D eigenvalue weighted by atomic mass is 16.4. The minimum absolute atomic E-state index is 0.196. The molecule has 0 aliphatic carbocycles. The summed E-state index contributed by atoms with van der Waals surface area (Å²) in [6.07, 6.45) is 8.32. The molecule has 0 amide bonds. The van der Waals surface area contributed by atoms with Crippen LogP contribution in [-0.4, -0.2) is 56.1 Å². The van der Waals surface area contributed by atoms with Crippen molar-refractivity contribution in [2.45, 2.75) is 39.2 Å². The first-order valence-corrected chi connectivity index (χ1v) is 8.38. The third-order valence-corrected chi connectivity index (χ3v) is 3.91. The molecule has 0 spiro atoms. The lowest BCUT2D eigenvalue weighted by Gasteiger charge is -2.15. The molecule has 1 N–H and O–H groups in total. The largest absolute Gasteiger partial charge is 0.478 e. The summed E-state index contributed by atoms with van der Waals surface area (Å²) >= 11 is 0. The Labute approximate surface area is 142 Å². The van der Waals surface area contributed by atoms with Gasteiger partial charge in [0, 0.05) is 12.7 Å². The Morgan fingerprint density at radius 3 is 2.83 bits per heavy atom. The fourth-order valence-corrected chi connectivity index (χ4v) is 2.42. The first kappa shape index (κ1) is 18.1. The second-order valence-corrected chi connectivity index (χ2v) is 5.97. The predicted molar refractivity (Wildman–Crippen MR) is 91.9 cm³/mol. The molecule has 0 aromatic carbocycles. The van der Waals surface area contributed by atoms with Gasteiger partial charge >= 0.3 is 5.97 Å². The van der Waals surface area contributed by atoms with Gasteiger partial charge in [-0.1, -0.05) is 31.4 Å². The maximum Gasteiger partial charge on any atom is 0.335 e. The standard InChI is InChI=1S/C17H25N5O2/c1-3-4-5-6-9-21(2)10-11-22-13-16(19-20-22)15-12-14(17(23)24)7-8-18-15/h7-8,12-13H,3-6,9-11H2,1-2H3,(H,23,24). The van der Waals surface area contributed by atoms with Crippen molar-refractivity contribution in [1.29, 1.82) is 0 Å². The Balaban J connectivity index is 1.87. The Bertz CT molecular complexity index is 656. The summed E-state index contributed by atoms with van der Waals surface area (Å²) < 4.78 is 1.77. The van der Waals surface area contributed by atoms with Gasteiger partial charge in [0.05, 0.1) is 24.0 Å². The molecule has 2 aromatic rings. The quantitative estimate of drug-likeness (QED) is 0.674. The molecular formula is C17H25N5O2. The minimum atomic E-state index is -0.976. The summed E-state index contributed by atoms with van der Waals surface area (Å²) in [6, 6.07) is 2.97. The number of rotatable bonds is 10.